The number of unbranched alkanes of at least 4 members (excludes halogenated alkanes) is 2. The van der Waals surface area contributed by atoms with Crippen LogP contribution in [-0.4, -0.2) is 6.29 Å². The van der Waals surface area contributed by atoms with Crippen LogP contribution in [0.25, 0.3) is 6.08 Å². The Morgan fingerprint density at radius 3 is 2.73 bits per heavy atom. The van der Waals surface area contributed by atoms with Crippen LogP contribution in [0.1, 0.15) is 24.8 Å². The summed E-state index contributed by atoms with van der Waals surface area (Å²) in [4.78, 5) is 9.94. The molecule has 0 saturated carbocycles. The number of carbonyl (C=O) groups excluding carboxylic acids is 1. The minimum absolute atomic E-state index is 0.492. The van der Waals surface area contributed by atoms with E-state index in [0.29, 0.717) is 16.5 Å². The molecule has 1 rings (SSSR count). The molecular weight excluding hydrogens is 231 g/mol. The first kappa shape index (κ1) is 12.3. The fraction of sp³-hybridized carbons (Fsp3) is 0.250. The maximum atomic E-state index is 9.94. The SMILES string of the molecule is O=[C]CCC/C=C/c1ccc(Cl)c(Cl)c1. The lowest BCUT2D eigenvalue weighted by Gasteiger charge is -1.97. The molecule has 0 N–H and O–H groups in total. The lowest BCUT2D eigenvalue weighted by atomic mass is 10.2. The second-order valence-electron chi connectivity index (χ2n) is 3.11. The van der Waals surface area contributed by atoms with E-state index in [1.165, 1.54) is 0 Å². The van der Waals surface area contributed by atoms with Crippen LogP contribution < -0.4 is 0 Å². The molecule has 79 valence electrons. The van der Waals surface area contributed by atoms with Crippen LogP contribution >= 0.6 is 23.2 Å². The monoisotopic (exact) mass is 241 g/mol. The van der Waals surface area contributed by atoms with E-state index in [2.05, 4.69) is 0 Å². The molecular formula is C12H11Cl2O. The smallest absolute Gasteiger partial charge is 0.198 e. The van der Waals surface area contributed by atoms with Crippen LogP contribution in [0, 0.1) is 0 Å². The van der Waals surface area contributed by atoms with E-state index in [9.17, 15) is 4.79 Å². The van der Waals surface area contributed by atoms with E-state index in [-0.39, 0.29) is 0 Å². The average molecular weight is 242 g/mol. The molecule has 15 heavy (non-hydrogen) atoms. The maximum Gasteiger partial charge on any atom is 0.198 e. The summed E-state index contributed by atoms with van der Waals surface area (Å²) in [6.07, 6.45) is 8.03. The van der Waals surface area contributed by atoms with Gasteiger partial charge in [-0.3, -0.25) is 4.79 Å². The molecule has 1 aromatic carbocycles. The van der Waals surface area contributed by atoms with Crippen molar-refractivity contribution in [1.29, 1.82) is 0 Å². The van der Waals surface area contributed by atoms with E-state index < -0.39 is 0 Å². The zero-order chi connectivity index (χ0) is 11.1. The maximum absolute atomic E-state index is 9.94. The molecule has 0 aromatic heterocycles. The molecule has 0 unspecified atom stereocenters. The Kier molecular flexibility index (Phi) is 5.44. The summed E-state index contributed by atoms with van der Waals surface area (Å²) in [5.41, 5.74) is 1.01. The van der Waals surface area contributed by atoms with Crippen molar-refractivity contribution < 1.29 is 4.79 Å². The van der Waals surface area contributed by atoms with Gasteiger partial charge in [0.2, 0.25) is 0 Å². The molecule has 1 aromatic rings. The number of allylic oxidation sites excluding steroid dienone is 1. The summed E-state index contributed by atoms with van der Waals surface area (Å²) in [5, 5.41) is 1.12. The Hall–Kier alpha value is -0.790. The van der Waals surface area contributed by atoms with Gasteiger partial charge in [-0.15, -0.1) is 0 Å². The zero-order valence-electron chi connectivity index (χ0n) is 8.17. The third-order valence-corrected chi connectivity index (χ3v) is 2.64. The summed E-state index contributed by atoms with van der Waals surface area (Å²) in [6, 6.07) is 5.48. The molecule has 0 heterocycles. The zero-order valence-corrected chi connectivity index (χ0v) is 9.68. The Bertz CT molecular complexity index is 359. The Labute approximate surface area is 99.7 Å². The lowest BCUT2D eigenvalue weighted by molar-refractivity contribution is 0.549. The van der Waals surface area contributed by atoms with Gasteiger partial charge in [-0.25, -0.2) is 0 Å². The first-order valence-electron chi connectivity index (χ1n) is 4.70. The molecule has 0 amide bonds. The van der Waals surface area contributed by atoms with E-state index in [4.69, 9.17) is 23.2 Å². The first-order chi connectivity index (χ1) is 7.24. The Morgan fingerprint density at radius 1 is 1.27 bits per heavy atom. The predicted molar refractivity (Wildman–Crippen MR) is 65.0 cm³/mol. The van der Waals surface area contributed by atoms with Gasteiger partial charge in [0, 0.05) is 6.42 Å². The minimum atomic E-state index is 0.492. The van der Waals surface area contributed by atoms with Gasteiger partial charge in [-0.05, 0) is 30.5 Å². The Balaban J connectivity index is 2.49. The van der Waals surface area contributed by atoms with E-state index in [0.717, 1.165) is 18.4 Å². The van der Waals surface area contributed by atoms with Crippen molar-refractivity contribution in [2.45, 2.75) is 19.3 Å². The third-order valence-electron chi connectivity index (χ3n) is 1.90. The van der Waals surface area contributed by atoms with Crippen LogP contribution in [0.5, 0.6) is 0 Å². The summed E-state index contributed by atoms with van der Waals surface area (Å²) in [6.45, 7) is 0. The van der Waals surface area contributed by atoms with Crippen LogP contribution in [-0.2, 0) is 4.79 Å². The molecule has 0 bridgehead atoms. The first-order valence-corrected chi connectivity index (χ1v) is 5.46. The van der Waals surface area contributed by atoms with Crippen LogP contribution in [0.3, 0.4) is 0 Å². The number of halogens is 2. The van der Waals surface area contributed by atoms with Gasteiger partial charge >= 0.3 is 0 Å². The molecule has 0 spiro atoms. The van der Waals surface area contributed by atoms with Gasteiger partial charge in [-0.1, -0.05) is 41.4 Å². The average Bonchev–Trinajstić information content (AvgIpc) is 2.23. The highest BCUT2D eigenvalue weighted by Gasteiger charge is 1.96. The van der Waals surface area contributed by atoms with Gasteiger partial charge < -0.3 is 0 Å². The molecule has 0 aliphatic carbocycles. The number of rotatable bonds is 5. The number of hydrogen-bond acceptors (Lipinski definition) is 1. The van der Waals surface area contributed by atoms with Crippen molar-refractivity contribution >= 4 is 35.6 Å². The molecule has 1 radical (unpaired) electrons. The summed E-state index contributed by atoms with van der Waals surface area (Å²) < 4.78 is 0. The van der Waals surface area contributed by atoms with Gasteiger partial charge in [0.05, 0.1) is 10.0 Å². The number of hydrogen-bond donors (Lipinski definition) is 0. The second-order valence-corrected chi connectivity index (χ2v) is 3.93. The lowest BCUT2D eigenvalue weighted by Crippen LogP contribution is -1.75. The van der Waals surface area contributed by atoms with Crippen molar-refractivity contribution in [3.8, 4) is 0 Å². The second kappa shape index (κ2) is 6.65. The van der Waals surface area contributed by atoms with E-state index in [1.807, 2.05) is 30.6 Å². The van der Waals surface area contributed by atoms with Crippen LogP contribution in [0.15, 0.2) is 24.3 Å². The van der Waals surface area contributed by atoms with Gasteiger partial charge in [0.25, 0.3) is 0 Å². The molecule has 0 saturated heterocycles. The highest BCUT2D eigenvalue weighted by atomic mass is 35.5. The highest BCUT2D eigenvalue weighted by molar-refractivity contribution is 6.42. The highest BCUT2D eigenvalue weighted by Crippen LogP contribution is 2.23. The van der Waals surface area contributed by atoms with Crippen molar-refractivity contribution in [3.05, 3.63) is 39.9 Å². The van der Waals surface area contributed by atoms with Crippen molar-refractivity contribution in [3.63, 3.8) is 0 Å². The van der Waals surface area contributed by atoms with Crippen molar-refractivity contribution in [2.75, 3.05) is 0 Å². The van der Waals surface area contributed by atoms with Gasteiger partial charge in [-0.2, -0.15) is 0 Å². The fourth-order valence-corrected chi connectivity index (χ4v) is 1.43. The summed E-state index contributed by atoms with van der Waals surface area (Å²) in [7, 11) is 0. The normalized spacial score (nSPS) is 10.8. The van der Waals surface area contributed by atoms with Crippen molar-refractivity contribution in [2.24, 2.45) is 0 Å². The fourth-order valence-electron chi connectivity index (χ4n) is 1.13. The summed E-state index contributed by atoms with van der Waals surface area (Å²) >= 11 is 11.6. The van der Waals surface area contributed by atoms with E-state index >= 15 is 0 Å². The molecule has 0 aliphatic heterocycles. The standard InChI is InChI=1S/C12H11Cl2O/c13-11-7-6-10(9-12(11)14)5-3-1-2-4-8-15/h3,5-7,9H,1-2,4H2/b5-3+. The van der Waals surface area contributed by atoms with Crippen LogP contribution in [0.2, 0.25) is 10.0 Å². The Morgan fingerprint density at radius 2 is 2.07 bits per heavy atom. The molecule has 0 aliphatic rings. The molecule has 3 heteroatoms. The summed E-state index contributed by atoms with van der Waals surface area (Å²) in [5.74, 6) is 0. The minimum Gasteiger partial charge on any atom is -0.291 e. The molecule has 0 fully saturated rings. The predicted octanol–water partition coefficient (Wildman–Crippen LogP) is 4.29. The van der Waals surface area contributed by atoms with E-state index in [1.54, 1.807) is 6.07 Å². The van der Waals surface area contributed by atoms with Crippen molar-refractivity contribution in [1.82, 2.24) is 0 Å². The van der Waals surface area contributed by atoms with Crippen LogP contribution in [0.4, 0.5) is 0 Å². The van der Waals surface area contributed by atoms with Gasteiger partial charge in [0.1, 0.15) is 0 Å². The number of benzene rings is 1. The molecule has 0 atom stereocenters. The molecule has 1 nitrogen and oxygen atoms in total. The van der Waals surface area contributed by atoms with Gasteiger partial charge in [0.15, 0.2) is 6.29 Å². The quantitative estimate of drug-likeness (QED) is 0.704. The largest absolute Gasteiger partial charge is 0.291 e. The topological polar surface area (TPSA) is 17.1 Å². The third kappa shape index (κ3) is 4.50.